The molecule has 2 aromatic rings. The zero-order valence-electron chi connectivity index (χ0n) is 20.7. The van der Waals surface area contributed by atoms with Crippen molar-refractivity contribution in [2.24, 2.45) is 11.8 Å². The first-order valence-corrected chi connectivity index (χ1v) is 14.0. The van der Waals surface area contributed by atoms with E-state index >= 15 is 0 Å². The smallest absolute Gasteiger partial charge is 0.406 e. The summed E-state index contributed by atoms with van der Waals surface area (Å²) in [7, 11) is -3.78. The number of nitrogens with zero attached hydrogens (tertiary/aromatic N) is 2. The first-order valence-electron chi connectivity index (χ1n) is 12.6. The molecule has 2 aromatic carbocycles. The van der Waals surface area contributed by atoms with E-state index in [9.17, 15) is 31.2 Å². The van der Waals surface area contributed by atoms with Crippen molar-refractivity contribution in [1.29, 1.82) is 0 Å². The Bertz CT molecular complexity index is 1330. The number of benzene rings is 2. The minimum Gasteiger partial charge on any atom is -0.406 e. The van der Waals surface area contributed by atoms with Gasteiger partial charge >= 0.3 is 6.36 Å². The van der Waals surface area contributed by atoms with Gasteiger partial charge in [-0.15, -0.1) is 13.2 Å². The lowest BCUT2D eigenvalue weighted by Gasteiger charge is -2.30. The van der Waals surface area contributed by atoms with Crippen LogP contribution in [-0.4, -0.2) is 50.0 Å². The fourth-order valence-corrected chi connectivity index (χ4v) is 6.64. The number of carbonyl (C=O) groups excluding carboxylic acids is 2. The predicted molar refractivity (Wildman–Crippen MR) is 133 cm³/mol. The van der Waals surface area contributed by atoms with E-state index < -0.39 is 28.1 Å². The van der Waals surface area contributed by atoms with E-state index in [-0.39, 0.29) is 41.8 Å². The number of nitrogens with one attached hydrogen (secondary N) is 1. The molecule has 0 radical (unpaired) electrons. The molecule has 0 spiro atoms. The van der Waals surface area contributed by atoms with Crippen LogP contribution >= 0.6 is 0 Å². The van der Waals surface area contributed by atoms with Gasteiger partial charge in [-0.25, -0.2) is 8.42 Å². The van der Waals surface area contributed by atoms with Crippen molar-refractivity contribution in [3.8, 4) is 5.75 Å². The van der Waals surface area contributed by atoms with Gasteiger partial charge in [-0.1, -0.05) is 0 Å². The van der Waals surface area contributed by atoms with Crippen molar-refractivity contribution < 1.29 is 35.9 Å². The van der Waals surface area contributed by atoms with Crippen LogP contribution in [-0.2, 0) is 26.0 Å². The second-order valence-corrected chi connectivity index (χ2v) is 12.0. The van der Waals surface area contributed by atoms with Gasteiger partial charge in [0, 0.05) is 42.3 Å². The van der Waals surface area contributed by atoms with E-state index in [4.69, 9.17) is 0 Å². The number of halogens is 3. The summed E-state index contributed by atoms with van der Waals surface area (Å²) in [6.45, 7) is 2.30. The highest BCUT2D eigenvalue weighted by atomic mass is 32.2. The standard InChI is InChI=1S/C26H28F3N3O5S/c1-16-14-19-15-22(8-9-23(19)32(16)25(34)18-2-3-18)38(35,36)31-12-10-17(11-13-31)24(33)30-20-4-6-21(7-5-20)37-26(27,28)29/h4-9,15-18H,2-3,10-14H2,1H3,(H,30,33)/t16-/m1/s1. The van der Waals surface area contributed by atoms with Crippen LogP contribution in [0.15, 0.2) is 47.4 Å². The van der Waals surface area contributed by atoms with Crippen LogP contribution in [0.4, 0.5) is 24.5 Å². The largest absolute Gasteiger partial charge is 0.573 e. The van der Waals surface area contributed by atoms with Gasteiger partial charge in [0.2, 0.25) is 21.8 Å². The normalized spacial score (nSPS) is 20.7. The first-order chi connectivity index (χ1) is 17.9. The summed E-state index contributed by atoms with van der Waals surface area (Å²) in [6, 6.07) is 9.75. The summed E-state index contributed by atoms with van der Waals surface area (Å²) in [5.41, 5.74) is 1.94. The third-order valence-corrected chi connectivity index (χ3v) is 9.14. The van der Waals surface area contributed by atoms with Crippen molar-refractivity contribution in [3.63, 3.8) is 0 Å². The van der Waals surface area contributed by atoms with Gasteiger partial charge in [0.25, 0.3) is 0 Å². The highest BCUT2D eigenvalue weighted by Crippen LogP contribution is 2.40. The van der Waals surface area contributed by atoms with Crippen LogP contribution in [0.2, 0.25) is 0 Å². The summed E-state index contributed by atoms with van der Waals surface area (Å²) in [4.78, 5) is 27.3. The number of ether oxygens (including phenoxy) is 1. The average molecular weight is 552 g/mol. The van der Waals surface area contributed by atoms with E-state index in [2.05, 4.69) is 10.1 Å². The molecule has 38 heavy (non-hydrogen) atoms. The monoisotopic (exact) mass is 551 g/mol. The number of carbonyl (C=O) groups is 2. The molecule has 0 bridgehead atoms. The van der Waals surface area contributed by atoms with Gasteiger partial charge in [0.15, 0.2) is 0 Å². The lowest BCUT2D eigenvalue weighted by Crippen LogP contribution is -2.41. The van der Waals surface area contributed by atoms with Gasteiger partial charge in [0.05, 0.1) is 4.90 Å². The Balaban J connectivity index is 1.19. The first kappa shape index (κ1) is 26.5. The van der Waals surface area contributed by atoms with Crippen LogP contribution in [0, 0.1) is 11.8 Å². The number of piperidine rings is 1. The fourth-order valence-electron chi connectivity index (χ4n) is 5.12. The quantitative estimate of drug-likeness (QED) is 0.577. The van der Waals surface area contributed by atoms with E-state index in [0.717, 1.165) is 36.2 Å². The van der Waals surface area contributed by atoms with Crippen molar-refractivity contribution in [2.45, 2.75) is 56.3 Å². The maximum atomic E-state index is 13.4. The van der Waals surface area contributed by atoms with E-state index in [0.29, 0.717) is 24.9 Å². The molecule has 1 N–H and O–H groups in total. The Labute approximate surface area is 218 Å². The molecule has 2 aliphatic heterocycles. The molecule has 12 heteroatoms. The van der Waals surface area contributed by atoms with Gasteiger partial charge in [-0.05, 0) is 87.1 Å². The number of hydrogen-bond donors (Lipinski definition) is 1. The van der Waals surface area contributed by atoms with E-state index in [1.165, 1.54) is 16.4 Å². The average Bonchev–Trinajstić information content (AvgIpc) is 3.66. The molecule has 1 atom stereocenters. The van der Waals surface area contributed by atoms with Crippen LogP contribution in [0.1, 0.15) is 38.2 Å². The third kappa shape index (κ3) is 5.51. The topological polar surface area (TPSA) is 96.0 Å². The van der Waals surface area contributed by atoms with Crippen LogP contribution in [0.3, 0.4) is 0 Å². The number of sulfonamides is 1. The van der Waals surface area contributed by atoms with E-state index in [1.54, 1.807) is 23.1 Å². The Morgan fingerprint density at radius 3 is 2.24 bits per heavy atom. The highest BCUT2D eigenvalue weighted by Gasteiger charge is 2.40. The van der Waals surface area contributed by atoms with Crippen molar-refractivity contribution >= 4 is 33.2 Å². The predicted octanol–water partition coefficient (Wildman–Crippen LogP) is 4.31. The lowest BCUT2D eigenvalue weighted by atomic mass is 9.97. The number of rotatable bonds is 6. The molecule has 1 saturated carbocycles. The molecule has 8 nitrogen and oxygen atoms in total. The summed E-state index contributed by atoms with van der Waals surface area (Å²) in [5, 5.41) is 2.67. The lowest BCUT2D eigenvalue weighted by molar-refractivity contribution is -0.274. The maximum absolute atomic E-state index is 13.4. The number of fused-ring (bicyclic) bond motifs is 1. The summed E-state index contributed by atoms with van der Waals surface area (Å²) < 4.78 is 68.8. The number of hydrogen-bond acceptors (Lipinski definition) is 5. The molecule has 0 unspecified atom stereocenters. The molecule has 3 aliphatic rings. The molecule has 2 fully saturated rings. The minimum atomic E-state index is -4.80. The molecule has 5 rings (SSSR count). The minimum absolute atomic E-state index is 0.0151. The Hall–Kier alpha value is -3.12. The van der Waals surface area contributed by atoms with Crippen LogP contribution < -0.4 is 15.0 Å². The van der Waals surface area contributed by atoms with Crippen molar-refractivity contribution in [3.05, 3.63) is 48.0 Å². The highest BCUT2D eigenvalue weighted by molar-refractivity contribution is 7.89. The molecule has 2 heterocycles. The number of alkyl halides is 3. The maximum Gasteiger partial charge on any atom is 0.573 e. The van der Waals surface area contributed by atoms with Crippen molar-refractivity contribution in [2.75, 3.05) is 23.3 Å². The van der Waals surface area contributed by atoms with Crippen molar-refractivity contribution in [1.82, 2.24) is 4.31 Å². The fraction of sp³-hybridized carbons (Fsp3) is 0.462. The summed E-state index contributed by atoms with van der Waals surface area (Å²) >= 11 is 0. The second-order valence-electron chi connectivity index (χ2n) is 10.1. The zero-order chi connectivity index (χ0) is 27.2. The van der Waals surface area contributed by atoms with Gasteiger partial charge < -0.3 is 15.0 Å². The third-order valence-electron chi connectivity index (χ3n) is 7.25. The van der Waals surface area contributed by atoms with Gasteiger partial charge in [-0.2, -0.15) is 4.31 Å². The Kier molecular flexibility index (Phi) is 6.89. The molecular weight excluding hydrogens is 523 g/mol. The molecular formula is C26H28F3N3O5S. The molecule has 1 aliphatic carbocycles. The van der Waals surface area contributed by atoms with Crippen LogP contribution in [0.5, 0.6) is 5.75 Å². The summed E-state index contributed by atoms with van der Waals surface area (Å²) in [5.74, 6) is -0.961. The Morgan fingerprint density at radius 1 is 0.974 bits per heavy atom. The number of amides is 2. The summed E-state index contributed by atoms with van der Waals surface area (Å²) in [6.07, 6.45) is -1.77. The Morgan fingerprint density at radius 2 is 1.63 bits per heavy atom. The van der Waals surface area contributed by atoms with Crippen LogP contribution in [0.25, 0.3) is 0 Å². The number of anilines is 2. The van der Waals surface area contributed by atoms with Gasteiger partial charge in [0.1, 0.15) is 5.75 Å². The van der Waals surface area contributed by atoms with Gasteiger partial charge in [-0.3, -0.25) is 9.59 Å². The molecule has 0 aromatic heterocycles. The van der Waals surface area contributed by atoms with E-state index in [1.807, 2.05) is 6.92 Å². The second kappa shape index (κ2) is 9.88. The molecule has 204 valence electrons. The molecule has 1 saturated heterocycles. The molecule has 2 amide bonds. The SMILES string of the molecule is C[C@@H]1Cc2cc(S(=O)(=O)N3CCC(C(=O)Nc4ccc(OC(F)(F)F)cc4)CC3)ccc2N1C(=O)C1CC1. The zero-order valence-corrected chi connectivity index (χ0v) is 21.5.